The summed E-state index contributed by atoms with van der Waals surface area (Å²) in [6.45, 7) is 10.8. The first-order valence-corrected chi connectivity index (χ1v) is 12.7. The molecule has 36 heavy (non-hydrogen) atoms. The van der Waals surface area contributed by atoms with Gasteiger partial charge in [0.15, 0.2) is 0 Å². The van der Waals surface area contributed by atoms with Gasteiger partial charge < -0.3 is 26.3 Å². The minimum Gasteiger partial charge on any atom is -0.384 e. The van der Waals surface area contributed by atoms with E-state index in [1.165, 1.54) is 0 Å². The van der Waals surface area contributed by atoms with E-state index in [1.54, 1.807) is 12.5 Å². The van der Waals surface area contributed by atoms with Crippen molar-refractivity contribution in [2.45, 2.75) is 52.2 Å². The van der Waals surface area contributed by atoms with Gasteiger partial charge in [0.2, 0.25) is 0 Å². The fraction of sp³-hybridized carbons (Fsp3) is 0.407. The van der Waals surface area contributed by atoms with Crippen molar-refractivity contribution >= 4 is 28.5 Å². The second-order valence-corrected chi connectivity index (χ2v) is 10.2. The average molecular weight is 486 g/mol. The third kappa shape index (κ3) is 5.11. The topological polar surface area (TPSA) is 121 Å². The Balaban J connectivity index is 1.51. The molecule has 1 saturated heterocycles. The van der Waals surface area contributed by atoms with E-state index in [2.05, 4.69) is 81.4 Å². The molecule has 188 valence electrons. The number of nitrogens with two attached hydrogens (primary N) is 1. The van der Waals surface area contributed by atoms with Crippen LogP contribution in [-0.2, 0) is 0 Å². The molecule has 5 rings (SSSR count). The van der Waals surface area contributed by atoms with Gasteiger partial charge in [-0.3, -0.25) is 0 Å². The minimum absolute atomic E-state index is 0.00827. The highest BCUT2D eigenvalue weighted by Gasteiger charge is 2.24. The molecule has 0 saturated carbocycles. The highest BCUT2D eigenvalue weighted by atomic mass is 15.3. The summed E-state index contributed by atoms with van der Waals surface area (Å²) >= 11 is 0. The van der Waals surface area contributed by atoms with E-state index in [4.69, 9.17) is 10.7 Å². The molecular weight excluding hydrogens is 450 g/mol. The van der Waals surface area contributed by atoms with E-state index >= 15 is 0 Å². The number of pyridine rings is 2. The van der Waals surface area contributed by atoms with Crippen LogP contribution in [0.1, 0.15) is 45.9 Å². The fourth-order valence-corrected chi connectivity index (χ4v) is 5.13. The van der Waals surface area contributed by atoms with Crippen molar-refractivity contribution in [2.24, 2.45) is 5.92 Å². The smallest absolute Gasteiger partial charge is 0.143 e. The Bertz CT molecular complexity index is 1320. The SMILES string of the molecule is CC(C)CC(Nc1ncnc2[nH]cc(-c3ccnc(N)c3)c12)c1cccc(N2C[C@@H](C)N[C@@H](C)C2)n1. The van der Waals surface area contributed by atoms with Crippen molar-refractivity contribution in [3.8, 4) is 11.1 Å². The van der Waals surface area contributed by atoms with E-state index in [0.717, 1.165) is 59.0 Å². The molecular formula is C27H35N9. The van der Waals surface area contributed by atoms with Crippen LogP contribution in [0.2, 0.25) is 0 Å². The van der Waals surface area contributed by atoms with E-state index in [0.29, 0.717) is 23.8 Å². The Morgan fingerprint density at radius 1 is 1.11 bits per heavy atom. The summed E-state index contributed by atoms with van der Waals surface area (Å²) in [5, 5.41) is 8.25. The van der Waals surface area contributed by atoms with Gasteiger partial charge in [-0.05, 0) is 56.0 Å². The molecule has 5 heterocycles. The lowest BCUT2D eigenvalue weighted by Gasteiger charge is -2.37. The van der Waals surface area contributed by atoms with Gasteiger partial charge >= 0.3 is 0 Å². The number of piperazine rings is 1. The Labute approximate surface area is 212 Å². The molecule has 9 heteroatoms. The molecule has 0 bridgehead atoms. The average Bonchev–Trinajstić information content (AvgIpc) is 3.28. The summed E-state index contributed by atoms with van der Waals surface area (Å²) in [6, 6.07) is 11.0. The van der Waals surface area contributed by atoms with Crippen molar-refractivity contribution in [1.82, 2.24) is 30.2 Å². The van der Waals surface area contributed by atoms with Gasteiger partial charge in [0, 0.05) is 43.1 Å². The Kier molecular flexibility index (Phi) is 6.73. The second kappa shape index (κ2) is 10.1. The molecule has 1 unspecified atom stereocenters. The number of nitrogen functional groups attached to an aromatic ring is 1. The van der Waals surface area contributed by atoms with E-state index < -0.39 is 0 Å². The van der Waals surface area contributed by atoms with E-state index in [1.807, 2.05) is 18.3 Å². The quantitative estimate of drug-likeness (QED) is 0.304. The molecule has 4 aromatic rings. The molecule has 0 aromatic carbocycles. The summed E-state index contributed by atoms with van der Waals surface area (Å²) in [4.78, 5) is 24.0. The standard InChI is InChI=1S/C27H35N9/c1-16(2)10-22(21-6-5-7-24(34-21)36-13-17(3)33-18(4)14-36)35-27-25-20(12-30-26(25)31-15-32-27)19-8-9-29-23(28)11-19/h5-9,11-12,15-18,22,33H,10,13-14H2,1-4H3,(H2,28,29)(H2,30,31,32,35)/t17-,18+,22?. The molecule has 1 fully saturated rings. The van der Waals surface area contributed by atoms with Gasteiger partial charge in [0.1, 0.15) is 29.4 Å². The predicted octanol–water partition coefficient (Wildman–Crippen LogP) is 4.38. The lowest BCUT2D eigenvalue weighted by molar-refractivity contribution is 0.405. The molecule has 9 nitrogen and oxygen atoms in total. The Morgan fingerprint density at radius 2 is 1.92 bits per heavy atom. The zero-order chi connectivity index (χ0) is 25.2. The van der Waals surface area contributed by atoms with Crippen LogP contribution in [0.3, 0.4) is 0 Å². The van der Waals surface area contributed by atoms with Crippen molar-refractivity contribution in [2.75, 3.05) is 29.0 Å². The van der Waals surface area contributed by atoms with E-state index in [9.17, 15) is 0 Å². The van der Waals surface area contributed by atoms with Crippen LogP contribution in [0, 0.1) is 5.92 Å². The van der Waals surface area contributed by atoms with Crippen LogP contribution in [0.25, 0.3) is 22.2 Å². The zero-order valence-electron chi connectivity index (χ0n) is 21.4. The third-order valence-corrected chi connectivity index (χ3v) is 6.57. The van der Waals surface area contributed by atoms with Crippen LogP contribution in [-0.4, -0.2) is 50.1 Å². The van der Waals surface area contributed by atoms with Gasteiger partial charge in [-0.15, -0.1) is 0 Å². The lowest BCUT2D eigenvalue weighted by Crippen LogP contribution is -2.54. The minimum atomic E-state index is -0.00827. The van der Waals surface area contributed by atoms with Crippen LogP contribution < -0.4 is 21.3 Å². The van der Waals surface area contributed by atoms with Gasteiger partial charge in [-0.2, -0.15) is 0 Å². The summed E-state index contributed by atoms with van der Waals surface area (Å²) in [7, 11) is 0. The molecule has 0 spiro atoms. The number of nitrogens with one attached hydrogen (secondary N) is 3. The van der Waals surface area contributed by atoms with Crippen molar-refractivity contribution < 1.29 is 0 Å². The molecule has 1 aliphatic rings. The van der Waals surface area contributed by atoms with E-state index in [-0.39, 0.29) is 6.04 Å². The zero-order valence-corrected chi connectivity index (χ0v) is 21.4. The number of aromatic amines is 1. The molecule has 4 aromatic heterocycles. The van der Waals surface area contributed by atoms with Crippen molar-refractivity contribution in [3.05, 3.63) is 54.7 Å². The van der Waals surface area contributed by atoms with Crippen LogP contribution in [0.15, 0.2) is 49.1 Å². The number of hydrogen-bond donors (Lipinski definition) is 4. The first kappa shape index (κ1) is 24.0. The largest absolute Gasteiger partial charge is 0.384 e. The van der Waals surface area contributed by atoms with Gasteiger partial charge in [-0.25, -0.2) is 19.9 Å². The number of hydrogen-bond acceptors (Lipinski definition) is 8. The Morgan fingerprint density at radius 3 is 2.67 bits per heavy atom. The molecule has 5 N–H and O–H groups in total. The third-order valence-electron chi connectivity index (χ3n) is 6.57. The number of H-pyrrole nitrogens is 1. The number of anilines is 3. The predicted molar refractivity (Wildman–Crippen MR) is 146 cm³/mol. The summed E-state index contributed by atoms with van der Waals surface area (Å²) in [5.41, 5.74) is 9.70. The van der Waals surface area contributed by atoms with Gasteiger partial charge in [0.05, 0.1) is 17.1 Å². The molecule has 0 amide bonds. The number of fused-ring (bicyclic) bond motifs is 1. The maximum atomic E-state index is 5.97. The second-order valence-electron chi connectivity index (χ2n) is 10.2. The van der Waals surface area contributed by atoms with Crippen LogP contribution >= 0.6 is 0 Å². The number of rotatable bonds is 7. The highest BCUT2D eigenvalue weighted by Crippen LogP contribution is 2.35. The summed E-state index contributed by atoms with van der Waals surface area (Å²) in [5.74, 6) is 2.73. The number of nitrogens with zero attached hydrogens (tertiary/aromatic N) is 5. The molecule has 1 aliphatic heterocycles. The van der Waals surface area contributed by atoms with Crippen LogP contribution in [0.5, 0.6) is 0 Å². The summed E-state index contributed by atoms with van der Waals surface area (Å²) < 4.78 is 0. The highest BCUT2D eigenvalue weighted by molar-refractivity contribution is 6.01. The molecule has 0 radical (unpaired) electrons. The van der Waals surface area contributed by atoms with Crippen molar-refractivity contribution in [1.29, 1.82) is 0 Å². The maximum absolute atomic E-state index is 5.97. The molecule has 0 aliphatic carbocycles. The monoisotopic (exact) mass is 485 g/mol. The van der Waals surface area contributed by atoms with Gasteiger partial charge in [0.25, 0.3) is 0 Å². The van der Waals surface area contributed by atoms with Gasteiger partial charge in [-0.1, -0.05) is 19.9 Å². The maximum Gasteiger partial charge on any atom is 0.143 e. The lowest BCUT2D eigenvalue weighted by atomic mass is 10.00. The first-order valence-electron chi connectivity index (χ1n) is 12.7. The normalized spacial score (nSPS) is 19.1. The fourth-order valence-electron chi connectivity index (χ4n) is 5.13. The van der Waals surface area contributed by atoms with Crippen LogP contribution in [0.4, 0.5) is 17.5 Å². The summed E-state index contributed by atoms with van der Waals surface area (Å²) in [6.07, 6.45) is 6.17. The molecule has 3 atom stereocenters. The Hall–Kier alpha value is -3.72. The van der Waals surface area contributed by atoms with Crippen molar-refractivity contribution in [3.63, 3.8) is 0 Å². The number of aromatic nitrogens is 5. The first-order chi connectivity index (χ1) is 17.4.